The van der Waals surface area contributed by atoms with E-state index < -0.39 is 0 Å². The highest BCUT2D eigenvalue weighted by atomic mass is 16.1. The molecule has 0 aliphatic rings. The van der Waals surface area contributed by atoms with Gasteiger partial charge in [-0.15, -0.1) is 0 Å². The number of nitrogen functional groups attached to an aromatic ring is 1. The molecule has 0 unspecified atom stereocenters. The molecule has 3 aromatic rings. The largest absolute Gasteiger partial charge is 0.369 e. The van der Waals surface area contributed by atoms with Crippen molar-refractivity contribution in [2.24, 2.45) is 0 Å². The first kappa shape index (κ1) is 14.3. The normalized spacial score (nSPS) is 11.1. The molecular formula is C16H19N5O. The zero-order valence-corrected chi connectivity index (χ0v) is 12.5. The van der Waals surface area contributed by atoms with E-state index in [0.717, 1.165) is 41.1 Å². The monoisotopic (exact) mass is 297 g/mol. The Kier molecular flexibility index (Phi) is 3.91. The Labute approximate surface area is 128 Å². The van der Waals surface area contributed by atoms with Gasteiger partial charge in [0.1, 0.15) is 5.82 Å². The molecule has 0 saturated heterocycles. The van der Waals surface area contributed by atoms with Crippen molar-refractivity contribution in [3.63, 3.8) is 0 Å². The summed E-state index contributed by atoms with van der Waals surface area (Å²) in [6, 6.07) is 5.73. The van der Waals surface area contributed by atoms with Crippen LogP contribution in [0, 0.1) is 0 Å². The van der Waals surface area contributed by atoms with E-state index in [-0.39, 0.29) is 11.9 Å². The lowest BCUT2D eigenvalue weighted by Gasteiger charge is -2.10. The van der Waals surface area contributed by atoms with Crippen molar-refractivity contribution in [1.82, 2.24) is 15.0 Å². The number of carbonyl (C=O) groups is 1. The van der Waals surface area contributed by atoms with Gasteiger partial charge in [0, 0.05) is 18.0 Å². The molecule has 6 heteroatoms. The Balaban J connectivity index is 2.00. The van der Waals surface area contributed by atoms with E-state index in [0.29, 0.717) is 12.2 Å². The second-order valence-electron chi connectivity index (χ2n) is 5.34. The molecule has 22 heavy (non-hydrogen) atoms. The highest BCUT2D eigenvalue weighted by molar-refractivity contribution is 6.13. The summed E-state index contributed by atoms with van der Waals surface area (Å²) in [6.45, 7) is 2.11. The van der Waals surface area contributed by atoms with Crippen LogP contribution in [0.3, 0.4) is 0 Å². The van der Waals surface area contributed by atoms with Crippen LogP contribution in [0.15, 0.2) is 24.4 Å². The summed E-state index contributed by atoms with van der Waals surface area (Å²) in [4.78, 5) is 23.7. The minimum atomic E-state index is -0.0376. The smallest absolute Gasteiger partial charge is 0.225 e. The number of carbonyl (C=O) groups excluding carboxylic acids is 1. The molecule has 0 saturated carbocycles. The summed E-state index contributed by atoms with van der Waals surface area (Å²) in [5.74, 6) is 0.728. The Morgan fingerprint density at radius 1 is 1.32 bits per heavy atom. The number of anilines is 2. The Bertz CT molecular complexity index is 824. The number of aromatic amines is 1. The molecule has 0 bridgehead atoms. The number of aromatic nitrogens is 3. The van der Waals surface area contributed by atoms with Crippen molar-refractivity contribution in [1.29, 1.82) is 0 Å². The van der Waals surface area contributed by atoms with Crippen LogP contribution in [0.1, 0.15) is 32.6 Å². The Hall–Kier alpha value is -2.63. The number of nitrogens with two attached hydrogens (primary N) is 1. The van der Waals surface area contributed by atoms with Crippen LogP contribution < -0.4 is 11.1 Å². The van der Waals surface area contributed by atoms with E-state index in [4.69, 9.17) is 5.73 Å². The van der Waals surface area contributed by atoms with Crippen LogP contribution in [0.4, 0.5) is 11.8 Å². The van der Waals surface area contributed by atoms with Crippen LogP contribution in [-0.2, 0) is 4.79 Å². The zero-order chi connectivity index (χ0) is 15.5. The van der Waals surface area contributed by atoms with Gasteiger partial charge in [-0.3, -0.25) is 9.78 Å². The van der Waals surface area contributed by atoms with Crippen LogP contribution in [-0.4, -0.2) is 20.9 Å². The van der Waals surface area contributed by atoms with Gasteiger partial charge in [0.05, 0.1) is 16.4 Å². The van der Waals surface area contributed by atoms with Gasteiger partial charge >= 0.3 is 0 Å². The second-order valence-corrected chi connectivity index (χ2v) is 5.34. The van der Waals surface area contributed by atoms with Crippen LogP contribution in [0.5, 0.6) is 0 Å². The second kappa shape index (κ2) is 6.01. The first-order valence-electron chi connectivity index (χ1n) is 7.52. The molecule has 0 spiro atoms. The molecule has 114 valence electrons. The van der Waals surface area contributed by atoms with E-state index in [1.54, 1.807) is 6.20 Å². The molecular weight excluding hydrogens is 278 g/mol. The molecule has 0 aliphatic heterocycles. The van der Waals surface area contributed by atoms with Crippen molar-refractivity contribution in [2.45, 2.75) is 32.6 Å². The Morgan fingerprint density at radius 2 is 2.18 bits per heavy atom. The number of nitrogens with one attached hydrogen (secondary N) is 2. The molecule has 0 fully saturated rings. The number of hydrogen-bond acceptors (Lipinski definition) is 4. The number of rotatable bonds is 5. The summed E-state index contributed by atoms with van der Waals surface area (Å²) in [7, 11) is 0. The number of hydrogen-bond donors (Lipinski definition) is 3. The molecule has 1 aromatic carbocycles. The average Bonchev–Trinajstić information content (AvgIpc) is 2.95. The van der Waals surface area contributed by atoms with E-state index in [1.807, 2.05) is 18.2 Å². The van der Waals surface area contributed by atoms with E-state index in [1.165, 1.54) is 0 Å². The molecule has 0 aliphatic carbocycles. The van der Waals surface area contributed by atoms with E-state index in [9.17, 15) is 4.79 Å². The highest BCUT2D eigenvalue weighted by Crippen LogP contribution is 2.29. The predicted octanol–water partition coefficient (Wildman–Crippen LogP) is 3.21. The number of benzene rings is 1. The third-order valence-electron chi connectivity index (χ3n) is 3.67. The van der Waals surface area contributed by atoms with Gasteiger partial charge in [-0.25, -0.2) is 0 Å². The fourth-order valence-electron chi connectivity index (χ4n) is 2.60. The molecule has 4 N–H and O–H groups in total. The van der Waals surface area contributed by atoms with Gasteiger partial charge in [0.15, 0.2) is 5.95 Å². The highest BCUT2D eigenvalue weighted by Gasteiger charge is 2.12. The van der Waals surface area contributed by atoms with Gasteiger partial charge in [0.2, 0.25) is 5.91 Å². The van der Waals surface area contributed by atoms with Crippen LogP contribution in [0.2, 0.25) is 0 Å². The first-order chi connectivity index (χ1) is 10.7. The van der Waals surface area contributed by atoms with Gasteiger partial charge in [0.25, 0.3) is 0 Å². The third kappa shape index (κ3) is 2.72. The lowest BCUT2D eigenvalue weighted by atomic mass is 10.1. The van der Waals surface area contributed by atoms with Crippen LogP contribution in [0.25, 0.3) is 21.8 Å². The maximum Gasteiger partial charge on any atom is 0.225 e. The molecule has 0 atom stereocenters. The van der Waals surface area contributed by atoms with Gasteiger partial charge in [-0.1, -0.05) is 19.8 Å². The number of H-pyrrole nitrogens is 1. The van der Waals surface area contributed by atoms with Crippen molar-refractivity contribution >= 4 is 39.5 Å². The summed E-state index contributed by atoms with van der Waals surface area (Å²) in [5, 5.41) is 4.68. The van der Waals surface area contributed by atoms with E-state index >= 15 is 0 Å². The van der Waals surface area contributed by atoms with Crippen molar-refractivity contribution in [3.8, 4) is 0 Å². The number of nitrogens with zero attached hydrogens (tertiary/aromatic N) is 2. The molecule has 0 radical (unpaired) electrons. The zero-order valence-electron chi connectivity index (χ0n) is 12.5. The standard InChI is InChI=1S/C16H19N5O/c1-2-3-4-5-13(22)20-15-14-10-8-9-18-11(10)6-7-12(14)19-16(17)21-15/h6-9H,2-5H2,1H3,(H,20,22)(H3,17,19,21). The predicted molar refractivity (Wildman–Crippen MR) is 88.6 cm³/mol. The molecule has 6 nitrogen and oxygen atoms in total. The van der Waals surface area contributed by atoms with E-state index in [2.05, 4.69) is 27.2 Å². The SMILES string of the molecule is CCCCCC(=O)Nc1nc(N)[nH]c2ccc3nccc3c12. The van der Waals surface area contributed by atoms with Crippen molar-refractivity contribution < 1.29 is 4.79 Å². The quantitative estimate of drug-likeness (QED) is 0.630. The first-order valence-corrected chi connectivity index (χ1v) is 7.52. The van der Waals surface area contributed by atoms with Crippen molar-refractivity contribution in [3.05, 3.63) is 24.4 Å². The number of unbranched alkanes of at least 4 members (excludes halogenated alkanes) is 2. The molecule has 2 aromatic heterocycles. The van der Waals surface area contributed by atoms with Crippen molar-refractivity contribution in [2.75, 3.05) is 11.1 Å². The third-order valence-corrected chi connectivity index (χ3v) is 3.67. The molecule has 3 rings (SSSR count). The van der Waals surface area contributed by atoms with Crippen LogP contribution >= 0.6 is 0 Å². The van der Waals surface area contributed by atoms with Gasteiger partial charge < -0.3 is 16.0 Å². The summed E-state index contributed by atoms with van der Waals surface area (Å²) < 4.78 is 0. The topological polar surface area (TPSA) is 96.7 Å². The lowest BCUT2D eigenvalue weighted by molar-refractivity contribution is -0.116. The summed E-state index contributed by atoms with van der Waals surface area (Å²) in [6.07, 6.45) is 5.24. The Morgan fingerprint density at radius 3 is 3.00 bits per heavy atom. The lowest BCUT2D eigenvalue weighted by Crippen LogP contribution is -2.13. The minimum absolute atomic E-state index is 0.0376. The van der Waals surface area contributed by atoms with Gasteiger partial charge in [-0.2, -0.15) is 4.98 Å². The average molecular weight is 297 g/mol. The maximum atomic E-state index is 12.1. The maximum absolute atomic E-state index is 12.1. The molecule has 1 amide bonds. The fourth-order valence-corrected chi connectivity index (χ4v) is 2.60. The summed E-state index contributed by atoms with van der Waals surface area (Å²) >= 11 is 0. The minimum Gasteiger partial charge on any atom is -0.369 e. The summed E-state index contributed by atoms with van der Waals surface area (Å²) in [5.41, 5.74) is 7.51. The number of amides is 1. The van der Waals surface area contributed by atoms with Gasteiger partial charge in [-0.05, 0) is 24.6 Å². The molecule has 2 heterocycles. The fraction of sp³-hybridized carbons (Fsp3) is 0.312. The number of fused-ring (bicyclic) bond motifs is 3.